The van der Waals surface area contributed by atoms with Gasteiger partial charge in [0.1, 0.15) is 22.8 Å². The van der Waals surface area contributed by atoms with E-state index in [1.807, 2.05) is 0 Å². The summed E-state index contributed by atoms with van der Waals surface area (Å²) in [6, 6.07) is 0.290. The van der Waals surface area contributed by atoms with Crippen LogP contribution in [0.15, 0.2) is 23.0 Å². The first-order chi connectivity index (χ1) is 17.3. The summed E-state index contributed by atoms with van der Waals surface area (Å²) in [7, 11) is 3.05. The molecule has 11 nitrogen and oxygen atoms in total. The fourth-order valence-electron chi connectivity index (χ4n) is 5.67. The number of phenolic OH excluding ortho intramolecular Hbond substituents is 1. The Kier molecular flexibility index (Phi) is 6.91. The van der Waals surface area contributed by atoms with Crippen LogP contribution in [0.25, 0.3) is 5.76 Å². The number of halogens is 2. The van der Waals surface area contributed by atoms with Crippen molar-refractivity contribution in [3.05, 3.63) is 39.1 Å². The third-order valence-electron chi connectivity index (χ3n) is 7.25. The van der Waals surface area contributed by atoms with Crippen LogP contribution in [0.1, 0.15) is 24.0 Å². The van der Waals surface area contributed by atoms with Crippen LogP contribution >= 0.6 is 27.5 Å². The van der Waals surface area contributed by atoms with Gasteiger partial charge < -0.3 is 31.5 Å². The number of primary amides is 1. The number of hydrogen-bond acceptors (Lipinski definition) is 9. The number of rotatable bonds is 5. The van der Waals surface area contributed by atoms with Gasteiger partial charge in [0, 0.05) is 23.2 Å². The van der Waals surface area contributed by atoms with Gasteiger partial charge >= 0.3 is 0 Å². The average molecular weight is 599 g/mol. The number of nitrogens with one attached hydrogen (secondary N) is 1. The van der Waals surface area contributed by atoms with Gasteiger partial charge in [-0.1, -0.05) is 27.5 Å². The molecular weight excluding hydrogens is 574 g/mol. The van der Waals surface area contributed by atoms with Gasteiger partial charge in [-0.25, -0.2) is 0 Å². The highest BCUT2D eigenvalue weighted by atomic mass is 79.9. The summed E-state index contributed by atoms with van der Waals surface area (Å²) in [6.45, 7) is 0. The van der Waals surface area contributed by atoms with E-state index < -0.39 is 69.7 Å². The van der Waals surface area contributed by atoms with E-state index >= 15 is 0 Å². The molecule has 4 atom stereocenters. The van der Waals surface area contributed by atoms with E-state index in [1.54, 1.807) is 0 Å². The van der Waals surface area contributed by atoms with E-state index in [4.69, 9.17) is 17.3 Å². The van der Waals surface area contributed by atoms with Crippen LogP contribution in [0, 0.1) is 11.8 Å². The molecule has 7 N–H and O–H groups in total. The number of ketones is 2. The van der Waals surface area contributed by atoms with Crippen molar-refractivity contribution >= 4 is 62.4 Å². The number of amides is 2. The quantitative estimate of drug-likeness (QED) is 0.165. The number of carbonyl (C=O) groups excluding carboxylic acids is 4. The number of aliphatic hydroxyl groups is 3. The van der Waals surface area contributed by atoms with Crippen molar-refractivity contribution in [2.24, 2.45) is 17.6 Å². The Morgan fingerprint density at radius 1 is 1.27 bits per heavy atom. The molecule has 4 rings (SSSR count). The first-order valence-corrected chi connectivity index (χ1v) is 12.8. The lowest BCUT2D eigenvalue weighted by Gasteiger charge is -2.50. The highest BCUT2D eigenvalue weighted by Gasteiger charge is 2.64. The van der Waals surface area contributed by atoms with Gasteiger partial charge in [-0.3, -0.25) is 24.1 Å². The number of hydrogen-bond donors (Lipinski definition) is 6. The lowest BCUT2D eigenvalue weighted by molar-refractivity contribution is -0.153. The predicted molar refractivity (Wildman–Crippen MR) is 136 cm³/mol. The van der Waals surface area contributed by atoms with Crippen molar-refractivity contribution in [3.8, 4) is 5.75 Å². The van der Waals surface area contributed by atoms with Crippen LogP contribution in [-0.4, -0.2) is 79.8 Å². The number of nitrogens with zero attached hydrogens (tertiary/aromatic N) is 1. The summed E-state index contributed by atoms with van der Waals surface area (Å²) in [5.41, 5.74) is 1.48. The number of phenols is 1. The predicted octanol–water partition coefficient (Wildman–Crippen LogP) is 1.34. The first kappa shape index (κ1) is 27.1. The van der Waals surface area contributed by atoms with E-state index in [-0.39, 0.29) is 41.1 Å². The van der Waals surface area contributed by atoms with Gasteiger partial charge in [-0.2, -0.15) is 0 Å². The van der Waals surface area contributed by atoms with Crippen LogP contribution in [0.2, 0.25) is 5.02 Å². The molecule has 0 aliphatic heterocycles. The normalized spacial score (nSPS) is 27.1. The van der Waals surface area contributed by atoms with E-state index in [2.05, 4.69) is 21.2 Å². The minimum Gasteiger partial charge on any atom is -0.508 e. The molecule has 0 spiro atoms. The summed E-state index contributed by atoms with van der Waals surface area (Å²) in [4.78, 5) is 52.4. The van der Waals surface area contributed by atoms with E-state index in [9.17, 15) is 39.6 Å². The summed E-state index contributed by atoms with van der Waals surface area (Å²) < 4.78 is 0. The van der Waals surface area contributed by atoms with Gasteiger partial charge in [0.25, 0.3) is 5.91 Å². The lowest BCUT2D eigenvalue weighted by atomic mass is 9.57. The molecule has 1 fully saturated rings. The number of anilines is 1. The van der Waals surface area contributed by atoms with Crippen molar-refractivity contribution in [3.63, 3.8) is 0 Å². The van der Waals surface area contributed by atoms with Crippen molar-refractivity contribution in [2.45, 2.75) is 30.9 Å². The molecule has 198 valence electrons. The largest absolute Gasteiger partial charge is 0.508 e. The molecule has 0 heterocycles. The van der Waals surface area contributed by atoms with E-state index in [1.165, 1.54) is 25.1 Å². The number of aliphatic hydroxyl groups excluding tert-OH is 2. The standard InChI is InChI=1S/C24H25BrClN3O8/c1-29(2)17-10-6-8-5-9-7-11(26)16(28-12(30)3-4-25)19(32)13(9)18(31)14(8)21(34)24(10,37)22(35)15(20(17)33)23(27)36/h7-8,10,17,31-32,35,37H,3-6H2,1-2H3,(H2,27,36)(H,28,30)/t8?,10?,17-,24-/m0/s1. The minimum absolute atomic E-state index is 0.0137. The summed E-state index contributed by atoms with van der Waals surface area (Å²) >= 11 is 9.46. The van der Waals surface area contributed by atoms with Gasteiger partial charge in [0.05, 0.1) is 16.6 Å². The summed E-state index contributed by atoms with van der Waals surface area (Å²) in [6.07, 6.45) is 0.139. The van der Waals surface area contributed by atoms with Crippen molar-refractivity contribution in [2.75, 3.05) is 24.7 Å². The zero-order valence-corrected chi connectivity index (χ0v) is 22.2. The van der Waals surface area contributed by atoms with E-state index in [0.29, 0.717) is 10.9 Å². The maximum atomic E-state index is 13.8. The average Bonchev–Trinajstić information content (AvgIpc) is 2.78. The van der Waals surface area contributed by atoms with Gasteiger partial charge in [-0.05, 0) is 44.5 Å². The Hall–Kier alpha value is -2.93. The number of likely N-dealkylation sites (N-methyl/N-ethyl adjacent to an activating group) is 1. The third kappa shape index (κ3) is 3.94. The number of benzene rings is 1. The fraction of sp³-hybridized carbons (Fsp3) is 0.417. The number of aromatic hydroxyl groups is 1. The highest BCUT2D eigenvalue weighted by Crippen LogP contribution is 2.54. The molecule has 2 unspecified atom stereocenters. The van der Waals surface area contributed by atoms with Crippen LogP contribution in [-0.2, 0) is 25.6 Å². The smallest absolute Gasteiger partial charge is 0.255 e. The molecule has 0 radical (unpaired) electrons. The van der Waals surface area contributed by atoms with Crippen molar-refractivity contribution < 1.29 is 39.6 Å². The van der Waals surface area contributed by atoms with Crippen LogP contribution in [0.5, 0.6) is 5.75 Å². The van der Waals surface area contributed by atoms with Crippen molar-refractivity contribution in [1.82, 2.24) is 4.90 Å². The first-order valence-electron chi connectivity index (χ1n) is 11.3. The monoisotopic (exact) mass is 597 g/mol. The van der Waals surface area contributed by atoms with Gasteiger partial charge in [0.2, 0.25) is 11.7 Å². The Morgan fingerprint density at radius 3 is 2.49 bits per heavy atom. The van der Waals surface area contributed by atoms with Gasteiger partial charge in [0.15, 0.2) is 17.1 Å². The molecule has 13 heteroatoms. The highest BCUT2D eigenvalue weighted by molar-refractivity contribution is 9.09. The molecule has 2 amide bonds. The zero-order valence-electron chi connectivity index (χ0n) is 19.8. The number of nitrogens with two attached hydrogens (primary N) is 1. The van der Waals surface area contributed by atoms with Crippen LogP contribution in [0.3, 0.4) is 0 Å². The second-order valence-corrected chi connectivity index (χ2v) is 10.8. The molecule has 0 aromatic heterocycles. The maximum Gasteiger partial charge on any atom is 0.255 e. The Morgan fingerprint density at radius 2 is 1.92 bits per heavy atom. The lowest BCUT2D eigenvalue weighted by Crippen LogP contribution is -2.65. The number of alkyl halides is 1. The minimum atomic E-state index is -2.72. The molecule has 1 aromatic rings. The van der Waals surface area contributed by atoms with Gasteiger partial charge in [-0.15, -0.1) is 0 Å². The molecule has 1 saturated carbocycles. The number of Topliss-reactive ketones (excluding diaryl/α,β-unsaturated/α-hetero) is 2. The summed E-state index contributed by atoms with van der Waals surface area (Å²) in [5.74, 6) is -7.99. The van der Waals surface area contributed by atoms with Crippen LogP contribution < -0.4 is 11.1 Å². The molecule has 3 aliphatic rings. The maximum absolute atomic E-state index is 13.8. The Labute approximate surface area is 224 Å². The Bertz CT molecular complexity index is 1320. The van der Waals surface area contributed by atoms with Crippen LogP contribution in [0.4, 0.5) is 5.69 Å². The molecule has 3 aliphatic carbocycles. The third-order valence-corrected chi connectivity index (χ3v) is 7.94. The molecule has 0 saturated heterocycles. The van der Waals surface area contributed by atoms with Crippen molar-refractivity contribution in [1.29, 1.82) is 0 Å². The molecule has 0 bridgehead atoms. The zero-order chi connectivity index (χ0) is 27.6. The number of carbonyl (C=O) groups is 4. The molecule has 1 aromatic carbocycles. The second-order valence-electron chi connectivity index (χ2n) is 9.56. The SMILES string of the molecule is CN(C)[C@@H]1C(=O)C(C(N)=O)=C(O)[C@@]2(O)C(=O)C3=C(O)c4c(cc(Cl)c(NC(=O)CCBr)c4O)CC3CC12. The number of fused-ring (bicyclic) bond motifs is 3. The molecular formula is C24H25BrClN3O8. The second kappa shape index (κ2) is 9.43. The summed E-state index contributed by atoms with van der Waals surface area (Å²) in [5, 5.41) is 47.4. The molecule has 37 heavy (non-hydrogen) atoms. The Balaban J connectivity index is 1.91. The topological polar surface area (TPSA) is 190 Å². The van der Waals surface area contributed by atoms with E-state index in [0.717, 1.165) is 0 Å². The fourth-order valence-corrected chi connectivity index (χ4v) is 6.30.